The van der Waals surface area contributed by atoms with Gasteiger partial charge in [-0.3, -0.25) is 9.59 Å². The Labute approximate surface area is 127 Å². The molecule has 21 heavy (non-hydrogen) atoms. The van der Waals surface area contributed by atoms with Crippen LogP contribution in [0.3, 0.4) is 0 Å². The van der Waals surface area contributed by atoms with Gasteiger partial charge >= 0.3 is 5.97 Å². The number of amides is 1. The number of thioether (sulfide) groups is 1. The molecule has 9 heteroatoms. The van der Waals surface area contributed by atoms with Gasteiger partial charge in [-0.05, 0) is 24.6 Å². The molecule has 0 unspecified atom stereocenters. The van der Waals surface area contributed by atoms with Gasteiger partial charge in [-0.1, -0.05) is 6.07 Å². The number of anilines is 1. The fraction of sp³-hybridized carbons (Fsp3) is 0.333. The molecule has 0 saturated carbocycles. The van der Waals surface area contributed by atoms with Crippen molar-refractivity contribution in [2.24, 2.45) is 5.14 Å². The smallest absolute Gasteiger partial charge is 0.315 e. The lowest BCUT2D eigenvalue weighted by atomic mass is 10.2. The maximum Gasteiger partial charge on any atom is 0.315 e. The van der Waals surface area contributed by atoms with Gasteiger partial charge in [-0.2, -0.15) is 0 Å². The molecule has 0 atom stereocenters. The highest BCUT2D eigenvalue weighted by Crippen LogP contribution is 2.19. The average Bonchev–Trinajstić information content (AvgIpc) is 2.39. The Kier molecular flexibility index (Phi) is 6.19. The van der Waals surface area contributed by atoms with Gasteiger partial charge in [0.25, 0.3) is 0 Å². The number of aryl methyl sites for hydroxylation is 1. The zero-order valence-corrected chi connectivity index (χ0v) is 13.2. The summed E-state index contributed by atoms with van der Waals surface area (Å²) in [5, 5.41) is 7.63. The fourth-order valence-corrected chi connectivity index (χ4v) is 2.92. The molecule has 116 valence electrons. The number of esters is 1. The Morgan fingerprint density at radius 2 is 2.00 bits per heavy atom. The quantitative estimate of drug-likeness (QED) is 0.732. The highest BCUT2D eigenvalue weighted by Gasteiger charge is 2.13. The first-order valence-corrected chi connectivity index (χ1v) is 8.52. The third-order valence-electron chi connectivity index (χ3n) is 2.46. The Morgan fingerprint density at radius 3 is 2.57 bits per heavy atom. The lowest BCUT2D eigenvalue weighted by molar-refractivity contribution is -0.137. The van der Waals surface area contributed by atoms with E-state index in [4.69, 9.17) is 5.14 Å². The van der Waals surface area contributed by atoms with E-state index >= 15 is 0 Å². The lowest BCUT2D eigenvalue weighted by Crippen LogP contribution is -2.17. The van der Waals surface area contributed by atoms with Crippen molar-refractivity contribution in [2.45, 2.75) is 11.8 Å². The second-order valence-corrected chi connectivity index (χ2v) is 6.66. The van der Waals surface area contributed by atoms with Gasteiger partial charge in [0.15, 0.2) is 0 Å². The van der Waals surface area contributed by atoms with E-state index in [9.17, 15) is 18.0 Å². The van der Waals surface area contributed by atoms with Crippen molar-refractivity contribution in [1.29, 1.82) is 0 Å². The summed E-state index contributed by atoms with van der Waals surface area (Å²) < 4.78 is 27.2. The molecule has 0 aliphatic heterocycles. The molecule has 0 aliphatic carbocycles. The standard InChI is InChI=1S/C12H16N2O5S2/c1-8-3-4-9(5-10(8)21(13,17)18)14-11(15)6-20-7-12(16)19-2/h3-5H,6-7H2,1-2H3,(H,14,15)(H2,13,17,18). The normalized spacial score (nSPS) is 11.0. The van der Waals surface area contributed by atoms with Gasteiger partial charge in [-0.25, -0.2) is 13.6 Å². The number of primary sulfonamides is 1. The second kappa shape index (κ2) is 7.43. The molecule has 3 N–H and O–H groups in total. The van der Waals surface area contributed by atoms with E-state index in [1.54, 1.807) is 19.1 Å². The summed E-state index contributed by atoms with van der Waals surface area (Å²) in [5.74, 6) is -0.652. The van der Waals surface area contributed by atoms with Crippen LogP contribution in [0.5, 0.6) is 0 Å². The number of nitrogens with one attached hydrogen (secondary N) is 1. The van der Waals surface area contributed by atoms with Crippen LogP contribution in [0, 0.1) is 6.92 Å². The first kappa shape index (κ1) is 17.5. The van der Waals surface area contributed by atoms with E-state index in [1.807, 2.05) is 0 Å². The van der Waals surface area contributed by atoms with Crippen molar-refractivity contribution in [3.8, 4) is 0 Å². The molecular formula is C12H16N2O5S2. The van der Waals surface area contributed by atoms with Gasteiger partial charge in [0.1, 0.15) is 0 Å². The van der Waals surface area contributed by atoms with Crippen LogP contribution in [-0.4, -0.2) is 38.9 Å². The maximum atomic E-state index is 11.7. The van der Waals surface area contributed by atoms with Gasteiger partial charge in [0.2, 0.25) is 15.9 Å². The molecule has 0 heterocycles. The Balaban J connectivity index is 2.67. The number of methoxy groups -OCH3 is 1. The first-order valence-electron chi connectivity index (χ1n) is 5.82. The van der Waals surface area contributed by atoms with Crippen LogP contribution in [0.4, 0.5) is 5.69 Å². The molecule has 7 nitrogen and oxygen atoms in total. The van der Waals surface area contributed by atoms with E-state index in [0.717, 1.165) is 11.8 Å². The molecular weight excluding hydrogens is 316 g/mol. The van der Waals surface area contributed by atoms with Crippen molar-refractivity contribution < 1.29 is 22.7 Å². The van der Waals surface area contributed by atoms with E-state index in [-0.39, 0.29) is 22.3 Å². The van der Waals surface area contributed by atoms with Crippen molar-refractivity contribution >= 4 is 39.3 Å². The van der Waals surface area contributed by atoms with Crippen LogP contribution in [0.25, 0.3) is 0 Å². The number of nitrogens with two attached hydrogens (primary N) is 1. The Bertz CT molecular complexity index is 643. The third-order valence-corrected chi connectivity index (χ3v) is 4.42. The number of hydrogen-bond donors (Lipinski definition) is 2. The van der Waals surface area contributed by atoms with Crippen LogP contribution in [0.1, 0.15) is 5.56 Å². The number of benzene rings is 1. The van der Waals surface area contributed by atoms with Crippen LogP contribution in [-0.2, 0) is 24.3 Å². The van der Waals surface area contributed by atoms with E-state index < -0.39 is 16.0 Å². The summed E-state index contributed by atoms with van der Waals surface area (Å²) in [6.45, 7) is 1.61. The summed E-state index contributed by atoms with van der Waals surface area (Å²) >= 11 is 1.10. The number of sulfonamides is 1. The molecule has 0 spiro atoms. The largest absolute Gasteiger partial charge is 0.468 e. The molecule has 0 aromatic heterocycles. The minimum Gasteiger partial charge on any atom is -0.468 e. The monoisotopic (exact) mass is 332 g/mol. The summed E-state index contributed by atoms with van der Waals surface area (Å²) in [6.07, 6.45) is 0. The number of hydrogen-bond acceptors (Lipinski definition) is 6. The molecule has 1 amide bonds. The summed E-state index contributed by atoms with van der Waals surface area (Å²) in [6, 6.07) is 4.43. The fourth-order valence-electron chi connectivity index (χ4n) is 1.47. The minimum absolute atomic E-state index is 0.0393. The molecule has 0 radical (unpaired) electrons. The molecule has 1 rings (SSSR count). The highest BCUT2D eigenvalue weighted by molar-refractivity contribution is 8.00. The predicted octanol–water partition coefficient (Wildman–Crippen LogP) is 0.487. The zero-order chi connectivity index (χ0) is 16.0. The number of carbonyl (C=O) groups excluding carboxylic acids is 2. The number of carbonyl (C=O) groups is 2. The highest BCUT2D eigenvalue weighted by atomic mass is 32.2. The topological polar surface area (TPSA) is 116 Å². The summed E-state index contributed by atoms with van der Waals surface area (Å²) in [7, 11) is -2.57. The van der Waals surface area contributed by atoms with Crippen LogP contribution in [0.15, 0.2) is 23.1 Å². The van der Waals surface area contributed by atoms with E-state index in [2.05, 4.69) is 10.1 Å². The number of ether oxygens (including phenoxy) is 1. The van der Waals surface area contributed by atoms with Crippen LogP contribution in [0.2, 0.25) is 0 Å². The van der Waals surface area contributed by atoms with Gasteiger partial charge < -0.3 is 10.1 Å². The van der Waals surface area contributed by atoms with E-state index in [0.29, 0.717) is 11.3 Å². The molecule has 0 aliphatic rings. The molecule has 0 bridgehead atoms. The minimum atomic E-state index is -3.84. The summed E-state index contributed by atoms with van der Waals surface area (Å²) in [4.78, 5) is 22.5. The van der Waals surface area contributed by atoms with Crippen LogP contribution >= 0.6 is 11.8 Å². The van der Waals surface area contributed by atoms with E-state index in [1.165, 1.54) is 13.2 Å². The number of rotatable bonds is 6. The van der Waals surface area contributed by atoms with Crippen molar-refractivity contribution in [3.63, 3.8) is 0 Å². The molecule has 0 saturated heterocycles. The lowest BCUT2D eigenvalue weighted by Gasteiger charge is -2.08. The van der Waals surface area contributed by atoms with Crippen LogP contribution < -0.4 is 10.5 Å². The Hall–Kier alpha value is -1.58. The average molecular weight is 332 g/mol. The second-order valence-electron chi connectivity index (χ2n) is 4.14. The molecule has 1 aromatic rings. The van der Waals surface area contributed by atoms with Gasteiger partial charge in [-0.15, -0.1) is 11.8 Å². The Morgan fingerprint density at radius 1 is 1.33 bits per heavy atom. The first-order chi connectivity index (χ1) is 9.74. The molecule has 0 fully saturated rings. The zero-order valence-electron chi connectivity index (χ0n) is 11.6. The van der Waals surface area contributed by atoms with Crippen molar-refractivity contribution in [1.82, 2.24) is 0 Å². The maximum absolute atomic E-state index is 11.7. The SMILES string of the molecule is COC(=O)CSCC(=O)Nc1ccc(C)c(S(N)(=O)=O)c1. The predicted molar refractivity (Wildman–Crippen MR) is 80.5 cm³/mol. The van der Waals surface area contributed by atoms with Gasteiger partial charge in [0, 0.05) is 5.69 Å². The van der Waals surface area contributed by atoms with Crippen molar-refractivity contribution in [3.05, 3.63) is 23.8 Å². The third kappa shape index (κ3) is 5.74. The molecule has 1 aromatic carbocycles. The summed E-state index contributed by atoms with van der Waals surface area (Å²) in [5.41, 5.74) is 0.823. The van der Waals surface area contributed by atoms with Crippen molar-refractivity contribution in [2.75, 3.05) is 23.9 Å². The van der Waals surface area contributed by atoms with Gasteiger partial charge in [0.05, 0.1) is 23.5 Å².